The minimum Gasteiger partial charge on any atom is -0.298 e. The van der Waals surface area contributed by atoms with E-state index in [1.807, 2.05) is 0 Å². The molecule has 0 aromatic heterocycles. The van der Waals surface area contributed by atoms with Gasteiger partial charge in [0.05, 0.1) is 16.4 Å². The predicted molar refractivity (Wildman–Crippen MR) is 132 cm³/mol. The van der Waals surface area contributed by atoms with Gasteiger partial charge in [-0.05, 0) is 59.7 Å². The van der Waals surface area contributed by atoms with Crippen molar-refractivity contribution in [3.05, 3.63) is 118 Å². The number of carbonyl (C=O) groups excluding carboxylic acids is 2. The lowest BCUT2D eigenvalue weighted by Crippen LogP contribution is -2.31. The number of nitrogens with one attached hydrogen (secondary N) is 4. The highest BCUT2D eigenvalue weighted by Crippen LogP contribution is 2.30. The van der Waals surface area contributed by atoms with Crippen LogP contribution in [0.2, 0.25) is 5.02 Å². The normalized spacial score (nSPS) is 10.5. The SMILES string of the molecule is O=C(NNc1ccccc1)c1c(F)cc(-c2ccc(NNC(=O)c3c(F)cccc3F)c(Cl)c2)cc1F. The molecule has 11 heteroatoms. The standard InChI is InChI=1S/C26H17ClF4N4O2/c27-17-11-14(9-10-22(17)33-35-25(36)23-18(28)7-4-8-19(23)29)15-12-20(30)24(21(31)13-15)26(37)34-32-16-5-2-1-3-6-16/h1-13,32-33H,(H,34,37)(H,35,36). The van der Waals surface area contributed by atoms with Crippen LogP contribution < -0.4 is 21.7 Å². The molecule has 188 valence electrons. The Morgan fingerprint density at radius 3 is 1.76 bits per heavy atom. The van der Waals surface area contributed by atoms with Gasteiger partial charge in [0.15, 0.2) is 0 Å². The van der Waals surface area contributed by atoms with Crippen molar-refractivity contribution in [2.24, 2.45) is 0 Å². The number of benzene rings is 4. The molecule has 4 aromatic carbocycles. The molecule has 0 heterocycles. The quantitative estimate of drug-likeness (QED) is 0.173. The zero-order chi connectivity index (χ0) is 26.5. The molecule has 4 N–H and O–H groups in total. The molecule has 4 rings (SSSR count). The first kappa shape index (κ1) is 25.5. The van der Waals surface area contributed by atoms with Crippen LogP contribution in [0.1, 0.15) is 20.7 Å². The largest absolute Gasteiger partial charge is 0.298 e. The monoisotopic (exact) mass is 528 g/mol. The molecule has 0 atom stereocenters. The van der Waals surface area contributed by atoms with E-state index in [1.54, 1.807) is 30.3 Å². The smallest absolute Gasteiger partial charge is 0.275 e. The van der Waals surface area contributed by atoms with Gasteiger partial charge in [0.2, 0.25) is 0 Å². The number of hydrogen-bond donors (Lipinski definition) is 4. The molecule has 0 bridgehead atoms. The van der Waals surface area contributed by atoms with Gasteiger partial charge in [0.1, 0.15) is 34.4 Å². The minimum absolute atomic E-state index is 0.0292. The number of hydrogen-bond acceptors (Lipinski definition) is 4. The molecule has 0 radical (unpaired) electrons. The van der Waals surface area contributed by atoms with E-state index in [1.165, 1.54) is 18.2 Å². The van der Waals surface area contributed by atoms with Crippen LogP contribution in [0.5, 0.6) is 0 Å². The summed E-state index contributed by atoms with van der Waals surface area (Å²) in [5, 5.41) is 0.0292. The number of para-hydroxylation sites is 1. The molecule has 0 saturated carbocycles. The van der Waals surface area contributed by atoms with Crippen LogP contribution in [0.4, 0.5) is 28.9 Å². The van der Waals surface area contributed by atoms with Gasteiger partial charge in [0, 0.05) is 0 Å². The van der Waals surface area contributed by atoms with E-state index in [2.05, 4.69) is 21.7 Å². The Morgan fingerprint density at radius 2 is 1.16 bits per heavy atom. The fourth-order valence-electron chi connectivity index (χ4n) is 3.37. The fourth-order valence-corrected chi connectivity index (χ4v) is 3.59. The van der Waals surface area contributed by atoms with Crippen LogP contribution in [0.25, 0.3) is 11.1 Å². The summed E-state index contributed by atoms with van der Waals surface area (Å²) in [6.07, 6.45) is 0. The lowest BCUT2D eigenvalue weighted by atomic mass is 10.0. The number of anilines is 2. The molecule has 0 unspecified atom stereocenters. The van der Waals surface area contributed by atoms with Crippen molar-refractivity contribution in [1.82, 2.24) is 10.9 Å². The summed E-state index contributed by atoms with van der Waals surface area (Å²) in [5.41, 5.74) is 8.89. The molecule has 6 nitrogen and oxygen atoms in total. The molecular formula is C26H17ClF4N4O2. The van der Waals surface area contributed by atoms with Crippen molar-refractivity contribution in [1.29, 1.82) is 0 Å². The first-order valence-electron chi connectivity index (χ1n) is 10.7. The number of rotatable bonds is 7. The fraction of sp³-hybridized carbons (Fsp3) is 0. The third kappa shape index (κ3) is 5.81. The van der Waals surface area contributed by atoms with Crippen molar-refractivity contribution in [2.45, 2.75) is 0 Å². The number of halogens is 5. The van der Waals surface area contributed by atoms with E-state index in [-0.39, 0.29) is 16.3 Å². The lowest BCUT2D eigenvalue weighted by Gasteiger charge is -2.13. The zero-order valence-corrected chi connectivity index (χ0v) is 19.5. The first-order chi connectivity index (χ1) is 17.7. The highest BCUT2D eigenvalue weighted by molar-refractivity contribution is 6.33. The van der Waals surface area contributed by atoms with Crippen molar-refractivity contribution in [3.8, 4) is 11.1 Å². The summed E-state index contributed by atoms with van der Waals surface area (Å²) in [6, 6.07) is 17.6. The Kier molecular flexibility index (Phi) is 7.59. The number of hydrazine groups is 2. The lowest BCUT2D eigenvalue weighted by molar-refractivity contribution is 0.0945. The Bertz CT molecular complexity index is 1440. The topological polar surface area (TPSA) is 82.3 Å². The Balaban J connectivity index is 1.47. The summed E-state index contributed by atoms with van der Waals surface area (Å²) < 4.78 is 56.9. The van der Waals surface area contributed by atoms with E-state index in [9.17, 15) is 27.2 Å². The van der Waals surface area contributed by atoms with Gasteiger partial charge >= 0.3 is 0 Å². The molecule has 0 aliphatic heterocycles. The molecule has 0 aliphatic carbocycles. The van der Waals surface area contributed by atoms with E-state index < -0.39 is 46.2 Å². The molecule has 2 amide bonds. The highest BCUT2D eigenvalue weighted by atomic mass is 35.5. The maximum absolute atomic E-state index is 14.7. The van der Waals surface area contributed by atoms with Crippen LogP contribution in [0, 0.1) is 23.3 Å². The van der Waals surface area contributed by atoms with Crippen LogP contribution in [-0.4, -0.2) is 11.8 Å². The molecular weight excluding hydrogens is 512 g/mol. The molecule has 0 aliphatic rings. The van der Waals surface area contributed by atoms with E-state index in [0.29, 0.717) is 11.3 Å². The maximum Gasteiger partial charge on any atom is 0.275 e. The second kappa shape index (κ2) is 11.0. The Labute approximate surface area is 213 Å². The van der Waals surface area contributed by atoms with Gasteiger partial charge in [-0.15, -0.1) is 0 Å². The van der Waals surface area contributed by atoms with Gasteiger partial charge in [-0.25, -0.2) is 17.6 Å². The molecule has 0 spiro atoms. The average molecular weight is 529 g/mol. The third-order valence-electron chi connectivity index (χ3n) is 5.17. The van der Waals surface area contributed by atoms with Gasteiger partial charge in [-0.1, -0.05) is 41.9 Å². The molecule has 37 heavy (non-hydrogen) atoms. The van der Waals surface area contributed by atoms with Gasteiger partial charge in [-0.3, -0.25) is 31.3 Å². The van der Waals surface area contributed by atoms with E-state index in [4.69, 9.17) is 11.6 Å². The summed E-state index contributed by atoms with van der Waals surface area (Å²) in [6.45, 7) is 0. The highest BCUT2D eigenvalue weighted by Gasteiger charge is 2.20. The van der Waals surface area contributed by atoms with Crippen LogP contribution >= 0.6 is 11.6 Å². The van der Waals surface area contributed by atoms with Crippen LogP contribution in [0.15, 0.2) is 78.9 Å². The second-order valence-corrected chi connectivity index (χ2v) is 8.04. The van der Waals surface area contributed by atoms with Gasteiger partial charge in [0.25, 0.3) is 11.8 Å². The third-order valence-corrected chi connectivity index (χ3v) is 5.48. The van der Waals surface area contributed by atoms with Gasteiger partial charge in [-0.2, -0.15) is 0 Å². The van der Waals surface area contributed by atoms with Crippen molar-refractivity contribution < 1.29 is 27.2 Å². The average Bonchev–Trinajstić information content (AvgIpc) is 2.86. The van der Waals surface area contributed by atoms with Crippen molar-refractivity contribution in [2.75, 3.05) is 10.9 Å². The zero-order valence-electron chi connectivity index (χ0n) is 18.7. The number of amides is 2. The predicted octanol–water partition coefficient (Wildman–Crippen LogP) is 6.08. The van der Waals surface area contributed by atoms with Crippen LogP contribution in [-0.2, 0) is 0 Å². The molecule has 4 aromatic rings. The summed E-state index contributed by atoms with van der Waals surface area (Å²) >= 11 is 6.21. The summed E-state index contributed by atoms with van der Waals surface area (Å²) in [5.74, 6) is -6.37. The van der Waals surface area contributed by atoms with Crippen LogP contribution in [0.3, 0.4) is 0 Å². The molecule has 0 saturated heterocycles. The maximum atomic E-state index is 14.7. The van der Waals surface area contributed by atoms with E-state index >= 15 is 0 Å². The van der Waals surface area contributed by atoms with Crippen molar-refractivity contribution in [3.63, 3.8) is 0 Å². The number of carbonyl (C=O) groups is 2. The van der Waals surface area contributed by atoms with E-state index in [0.717, 1.165) is 30.3 Å². The summed E-state index contributed by atoms with van der Waals surface area (Å²) in [4.78, 5) is 24.4. The second-order valence-electron chi connectivity index (χ2n) is 7.63. The van der Waals surface area contributed by atoms with Gasteiger partial charge < -0.3 is 0 Å². The van der Waals surface area contributed by atoms with Crippen molar-refractivity contribution >= 4 is 34.8 Å². The minimum atomic E-state index is -1.10. The molecule has 0 fully saturated rings. The summed E-state index contributed by atoms with van der Waals surface area (Å²) in [7, 11) is 0. The Morgan fingerprint density at radius 1 is 0.595 bits per heavy atom. The first-order valence-corrected chi connectivity index (χ1v) is 11.0. The Hall–Kier alpha value is -4.57.